The molecule has 13 heavy (non-hydrogen) atoms. The lowest BCUT2D eigenvalue weighted by atomic mass is 10.5. The Morgan fingerprint density at radius 1 is 0.923 bits per heavy atom. The fourth-order valence-electron chi connectivity index (χ4n) is 0. The summed E-state index contributed by atoms with van der Waals surface area (Å²) in [4.78, 5) is 27.4. The van der Waals surface area contributed by atoms with E-state index in [-0.39, 0.29) is 6.42 Å². The number of carboxylic acid groups (broad SMARTS) is 3. The van der Waals surface area contributed by atoms with E-state index in [0.717, 1.165) is 13.8 Å². The van der Waals surface area contributed by atoms with Crippen molar-refractivity contribution < 1.29 is 29.7 Å². The first-order valence-electron chi connectivity index (χ1n) is 3.34. The van der Waals surface area contributed by atoms with E-state index in [1.54, 1.807) is 6.92 Å². The van der Waals surface area contributed by atoms with Crippen molar-refractivity contribution in [2.24, 2.45) is 0 Å². The second-order valence-corrected chi connectivity index (χ2v) is 1.79. The molecule has 0 saturated carbocycles. The van der Waals surface area contributed by atoms with Crippen LogP contribution in [0.4, 0.5) is 0 Å². The molecule has 6 nitrogen and oxygen atoms in total. The average molecular weight is 194 g/mol. The van der Waals surface area contributed by atoms with Gasteiger partial charge in [0.05, 0.1) is 0 Å². The van der Waals surface area contributed by atoms with Gasteiger partial charge in [0, 0.05) is 20.3 Å². The molecule has 0 spiro atoms. The molecule has 0 rings (SSSR count). The summed E-state index contributed by atoms with van der Waals surface area (Å²) in [7, 11) is 0. The van der Waals surface area contributed by atoms with Crippen LogP contribution in [-0.2, 0) is 14.4 Å². The van der Waals surface area contributed by atoms with Crippen molar-refractivity contribution in [3.8, 4) is 0 Å². The maximum Gasteiger partial charge on any atom is 0.303 e. The highest BCUT2D eigenvalue weighted by Crippen LogP contribution is 1.67. The minimum Gasteiger partial charge on any atom is -0.481 e. The summed E-state index contributed by atoms with van der Waals surface area (Å²) in [5, 5.41) is 22.6. The van der Waals surface area contributed by atoms with E-state index in [1.807, 2.05) is 0 Å². The zero-order chi connectivity index (χ0) is 11.4. The molecule has 0 amide bonds. The van der Waals surface area contributed by atoms with Crippen molar-refractivity contribution >= 4 is 17.9 Å². The van der Waals surface area contributed by atoms with Crippen LogP contribution in [0.5, 0.6) is 0 Å². The maximum absolute atomic E-state index is 9.37. The average Bonchev–Trinajstić information content (AvgIpc) is 1.84. The number of rotatable bonds is 1. The van der Waals surface area contributed by atoms with Crippen LogP contribution in [0.15, 0.2) is 0 Å². The summed E-state index contributed by atoms with van der Waals surface area (Å²) in [5.41, 5.74) is 0. The number of hydrogen-bond acceptors (Lipinski definition) is 3. The van der Waals surface area contributed by atoms with E-state index in [9.17, 15) is 4.79 Å². The van der Waals surface area contributed by atoms with Gasteiger partial charge >= 0.3 is 5.97 Å². The Balaban J connectivity index is -0.000000117. The first-order chi connectivity index (χ1) is 5.73. The quantitative estimate of drug-likeness (QED) is 0.565. The van der Waals surface area contributed by atoms with Gasteiger partial charge in [-0.25, -0.2) is 0 Å². The van der Waals surface area contributed by atoms with Crippen molar-refractivity contribution in [1.29, 1.82) is 0 Å². The van der Waals surface area contributed by atoms with Crippen molar-refractivity contribution in [3.05, 3.63) is 0 Å². The van der Waals surface area contributed by atoms with Gasteiger partial charge in [0.25, 0.3) is 11.9 Å². The Morgan fingerprint density at radius 2 is 1.00 bits per heavy atom. The number of aliphatic carboxylic acids is 3. The molecular formula is C7H14O6. The van der Waals surface area contributed by atoms with E-state index in [0.29, 0.717) is 0 Å². The predicted octanol–water partition coefficient (Wildman–Crippen LogP) is 0.663. The summed E-state index contributed by atoms with van der Waals surface area (Å²) in [6, 6.07) is 0. The number of hydrogen-bond donors (Lipinski definition) is 3. The van der Waals surface area contributed by atoms with Crippen LogP contribution in [0.3, 0.4) is 0 Å². The largest absolute Gasteiger partial charge is 0.481 e. The second kappa shape index (κ2) is 13.0. The third-order valence-electron chi connectivity index (χ3n) is 0.302. The van der Waals surface area contributed by atoms with Gasteiger partial charge in [-0.1, -0.05) is 6.92 Å². The first kappa shape index (κ1) is 17.5. The monoisotopic (exact) mass is 194 g/mol. The smallest absolute Gasteiger partial charge is 0.303 e. The topological polar surface area (TPSA) is 112 Å². The Bertz CT molecular complexity index is 142. The Labute approximate surface area is 75.8 Å². The fraction of sp³-hybridized carbons (Fsp3) is 0.571. The van der Waals surface area contributed by atoms with E-state index in [4.69, 9.17) is 24.9 Å². The normalized spacial score (nSPS) is 6.69. The minimum atomic E-state index is -0.833. The molecule has 78 valence electrons. The molecule has 0 bridgehead atoms. The Hall–Kier alpha value is -1.59. The van der Waals surface area contributed by atoms with Crippen LogP contribution in [0.2, 0.25) is 0 Å². The van der Waals surface area contributed by atoms with Crippen molar-refractivity contribution in [2.75, 3.05) is 0 Å². The summed E-state index contributed by atoms with van der Waals surface area (Å²) in [6.45, 7) is 3.77. The van der Waals surface area contributed by atoms with Crippen molar-refractivity contribution in [1.82, 2.24) is 0 Å². The number of carbonyl (C=O) groups is 3. The standard InChI is InChI=1S/C3H6O2.2C2H4O2/c1-2-3(4)5;2*1-2(3)4/h2H2,1H3,(H,4,5);2*1H3,(H,3,4). The molecular weight excluding hydrogens is 180 g/mol. The summed E-state index contributed by atoms with van der Waals surface area (Å²) < 4.78 is 0. The molecule has 0 unspecified atom stereocenters. The molecule has 0 aliphatic carbocycles. The van der Waals surface area contributed by atoms with Crippen molar-refractivity contribution in [2.45, 2.75) is 27.2 Å². The van der Waals surface area contributed by atoms with Gasteiger partial charge in [0.1, 0.15) is 0 Å². The lowest BCUT2D eigenvalue weighted by Crippen LogP contribution is -1.86. The summed E-state index contributed by atoms with van der Waals surface area (Å²) in [5.74, 6) is -2.41. The predicted molar refractivity (Wildman–Crippen MR) is 44.5 cm³/mol. The summed E-state index contributed by atoms with van der Waals surface area (Å²) >= 11 is 0. The third kappa shape index (κ3) is 4380. The van der Waals surface area contributed by atoms with E-state index < -0.39 is 17.9 Å². The van der Waals surface area contributed by atoms with Crippen LogP contribution >= 0.6 is 0 Å². The van der Waals surface area contributed by atoms with Gasteiger partial charge in [-0.2, -0.15) is 0 Å². The third-order valence-corrected chi connectivity index (χ3v) is 0.302. The van der Waals surface area contributed by atoms with Gasteiger partial charge < -0.3 is 15.3 Å². The number of carboxylic acids is 3. The molecule has 0 atom stereocenters. The molecule has 3 N–H and O–H groups in total. The van der Waals surface area contributed by atoms with Gasteiger partial charge in [-0.3, -0.25) is 14.4 Å². The van der Waals surface area contributed by atoms with E-state index in [1.165, 1.54) is 0 Å². The molecule has 0 fully saturated rings. The minimum absolute atomic E-state index is 0.222. The lowest BCUT2D eigenvalue weighted by molar-refractivity contribution is -0.137. The zero-order valence-corrected chi connectivity index (χ0v) is 7.77. The molecule has 0 aromatic rings. The van der Waals surface area contributed by atoms with Crippen molar-refractivity contribution in [3.63, 3.8) is 0 Å². The molecule has 0 radical (unpaired) electrons. The second-order valence-electron chi connectivity index (χ2n) is 1.79. The molecule has 0 saturated heterocycles. The van der Waals surface area contributed by atoms with Gasteiger partial charge in [-0.15, -0.1) is 0 Å². The van der Waals surface area contributed by atoms with Gasteiger partial charge in [0.2, 0.25) is 0 Å². The van der Waals surface area contributed by atoms with E-state index in [2.05, 4.69) is 0 Å². The highest BCUT2D eigenvalue weighted by Gasteiger charge is 1.80. The van der Waals surface area contributed by atoms with E-state index >= 15 is 0 Å². The lowest BCUT2D eigenvalue weighted by Gasteiger charge is -1.71. The van der Waals surface area contributed by atoms with Crippen LogP contribution in [0.25, 0.3) is 0 Å². The fourth-order valence-corrected chi connectivity index (χ4v) is 0. The molecule has 0 aliphatic heterocycles. The molecule has 0 aromatic carbocycles. The summed E-state index contributed by atoms with van der Waals surface area (Å²) in [6.07, 6.45) is 0.222. The first-order valence-corrected chi connectivity index (χ1v) is 3.34. The Kier molecular flexibility index (Phi) is 17.5. The molecule has 6 heteroatoms. The molecule has 0 aromatic heterocycles. The van der Waals surface area contributed by atoms with Crippen LogP contribution in [0, 0.1) is 0 Å². The van der Waals surface area contributed by atoms with Gasteiger partial charge in [0.15, 0.2) is 0 Å². The van der Waals surface area contributed by atoms with Crippen LogP contribution in [-0.4, -0.2) is 33.2 Å². The van der Waals surface area contributed by atoms with Crippen LogP contribution in [0.1, 0.15) is 27.2 Å². The van der Waals surface area contributed by atoms with Crippen LogP contribution < -0.4 is 0 Å². The SMILES string of the molecule is CC(=O)O.CC(=O)O.CCC(=O)O. The molecule has 0 heterocycles. The highest BCUT2D eigenvalue weighted by atomic mass is 16.4. The Morgan fingerprint density at radius 3 is 1.00 bits per heavy atom. The maximum atomic E-state index is 9.37. The van der Waals surface area contributed by atoms with Gasteiger partial charge in [-0.05, 0) is 0 Å². The zero-order valence-electron chi connectivity index (χ0n) is 7.77. The highest BCUT2D eigenvalue weighted by molar-refractivity contribution is 5.66. The molecule has 0 aliphatic rings.